The Kier molecular flexibility index (Phi) is 4.05. The maximum absolute atomic E-state index is 13.1. The van der Waals surface area contributed by atoms with Crippen molar-refractivity contribution in [2.45, 2.75) is 31.6 Å². The van der Waals surface area contributed by atoms with E-state index in [4.69, 9.17) is 0 Å². The molecule has 1 heterocycles. The van der Waals surface area contributed by atoms with E-state index in [-0.39, 0.29) is 5.56 Å². The third-order valence-corrected chi connectivity index (χ3v) is 4.04. The molecule has 3 rings (SSSR count). The number of hydrogen-bond acceptors (Lipinski definition) is 4. The Morgan fingerprint density at radius 2 is 2.09 bits per heavy atom. The Balaban J connectivity index is 1.78. The van der Waals surface area contributed by atoms with Gasteiger partial charge in [0.2, 0.25) is 0 Å². The van der Waals surface area contributed by atoms with Crippen molar-refractivity contribution < 1.29 is 14.1 Å². The molecule has 0 saturated heterocycles. The molecule has 1 aliphatic carbocycles. The number of carbonyl (C=O) groups is 1. The molecule has 0 aliphatic heterocycles. The molecule has 0 radical (unpaired) electrons. The largest absolute Gasteiger partial charge is 0.305 e. The first kappa shape index (κ1) is 15.1. The number of nitro groups is 1. The smallest absolute Gasteiger partial charge is 0.285 e. The summed E-state index contributed by atoms with van der Waals surface area (Å²) < 4.78 is 13.1. The molecule has 7 nitrogen and oxygen atoms in total. The predicted molar refractivity (Wildman–Crippen MR) is 80.8 cm³/mol. The average molecular weight is 318 g/mol. The minimum atomic E-state index is -0.785. The van der Waals surface area contributed by atoms with Crippen molar-refractivity contribution in [1.29, 1.82) is 0 Å². The molecule has 1 fully saturated rings. The molecule has 1 aromatic heterocycles. The maximum atomic E-state index is 13.1. The quantitative estimate of drug-likeness (QED) is 0.666. The van der Waals surface area contributed by atoms with Gasteiger partial charge in [0.25, 0.3) is 11.6 Å². The standard InChI is InChI=1S/C15H15FN4O3/c16-10-5-6-11(13(7-10)20(22)23)15(21)17-14-8-12(18-19-14)9-3-1-2-4-9/h5-9H,1-4H2,(H2,17,18,19,21). The molecule has 0 spiro atoms. The lowest BCUT2D eigenvalue weighted by Gasteiger charge is -2.04. The second kappa shape index (κ2) is 6.15. The molecule has 23 heavy (non-hydrogen) atoms. The number of nitro benzene ring substituents is 1. The van der Waals surface area contributed by atoms with E-state index in [2.05, 4.69) is 15.5 Å². The molecular formula is C15H15FN4O3. The highest BCUT2D eigenvalue weighted by atomic mass is 19.1. The number of amides is 1. The number of nitrogens with zero attached hydrogens (tertiary/aromatic N) is 2. The van der Waals surface area contributed by atoms with Crippen molar-refractivity contribution in [2.24, 2.45) is 0 Å². The molecule has 0 bridgehead atoms. The fourth-order valence-corrected chi connectivity index (χ4v) is 2.88. The van der Waals surface area contributed by atoms with Crippen LogP contribution in [0.3, 0.4) is 0 Å². The first-order valence-corrected chi connectivity index (χ1v) is 7.35. The average Bonchev–Trinajstić information content (AvgIpc) is 3.17. The van der Waals surface area contributed by atoms with Gasteiger partial charge in [-0.3, -0.25) is 20.0 Å². The van der Waals surface area contributed by atoms with Crippen molar-refractivity contribution in [3.8, 4) is 0 Å². The summed E-state index contributed by atoms with van der Waals surface area (Å²) in [5.74, 6) is -0.749. The van der Waals surface area contributed by atoms with Gasteiger partial charge in [-0.25, -0.2) is 4.39 Å². The van der Waals surface area contributed by atoms with Crippen LogP contribution < -0.4 is 5.32 Å². The van der Waals surface area contributed by atoms with E-state index in [1.54, 1.807) is 6.07 Å². The van der Waals surface area contributed by atoms with Gasteiger partial charge in [0.15, 0.2) is 5.82 Å². The Bertz CT molecular complexity index is 753. The maximum Gasteiger partial charge on any atom is 0.285 e. The van der Waals surface area contributed by atoms with E-state index in [1.807, 2.05) is 0 Å². The second-order valence-corrected chi connectivity index (χ2v) is 5.56. The van der Waals surface area contributed by atoms with Crippen LogP contribution in [0.15, 0.2) is 24.3 Å². The van der Waals surface area contributed by atoms with Crippen LogP contribution in [0.4, 0.5) is 15.9 Å². The van der Waals surface area contributed by atoms with Crippen LogP contribution in [0.1, 0.15) is 47.7 Å². The number of anilines is 1. The molecule has 1 amide bonds. The van der Waals surface area contributed by atoms with Gasteiger partial charge in [-0.1, -0.05) is 12.8 Å². The van der Waals surface area contributed by atoms with Crippen LogP contribution in [0.25, 0.3) is 0 Å². The zero-order valence-electron chi connectivity index (χ0n) is 12.2. The van der Waals surface area contributed by atoms with E-state index in [9.17, 15) is 19.3 Å². The number of H-pyrrole nitrogens is 1. The Labute approximate surface area is 131 Å². The van der Waals surface area contributed by atoms with Crippen LogP contribution in [-0.4, -0.2) is 21.0 Å². The third-order valence-electron chi connectivity index (χ3n) is 4.04. The summed E-state index contributed by atoms with van der Waals surface area (Å²) in [5.41, 5.74) is 0.169. The number of nitrogens with one attached hydrogen (secondary N) is 2. The van der Waals surface area contributed by atoms with E-state index < -0.39 is 22.3 Å². The lowest BCUT2D eigenvalue weighted by atomic mass is 10.0. The summed E-state index contributed by atoms with van der Waals surface area (Å²) >= 11 is 0. The van der Waals surface area contributed by atoms with Crippen LogP contribution in [0.5, 0.6) is 0 Å². The topological polar surface area (TPSA) is 101 Å². The Morgan fingerprint density at radius 3 is 2.78 bits per heavy atom. The normalized spacial score (nSPS) is 14.8. The summed E-state index contributed by atoms with van der Waals surface area (Å²) in [5, 5.41) is 20.4. The summed E-state index contributed by atoms with van der Waals surface area (Å²) in [4.78, 5) is 22.4. The minimum absolute atomic E-state index is 0.207. The summed E-state index contributed by atoms with van der Waals surface area (Å²) in [6, 6.07) is 4.57. The molecule has 1 saturated carbocycles. The van der Waals surface area contributed by atoms with E-state index in [1.165, 1.54) is 12.8 Å². The fraction of sp³-hybridized carbons (Fsp3) is 0.333. The van der Waals surface area contributed by atoms with E-state index in [0.29, 0.717) is 11.7 Å². The number of benzene rings is 1. The first-order valence-electron chi connectivity index (χ1n) is 7.35. The van der Waals surface area contributed by atoms with Crippen LogP contribution in [0, 0.1) is 15.9 Å². The molecule has 120 valence electrons. The highest BCUT2D eigenvalue weighted by Gasteiger charge is 2.23. The first-order chi connectivity index (χ1) is 11.0. The van der Waals surface area contributed by atoms with Crippen molar-refractivity contribution in [3.63, 3.8) is 0 Å². The van der Waals surface area contributed by atoms with Crippen LogP contribution >= 0.6 is 0 Å². The molecule has 0 atom stereocenters. The number of rotatable bonds is 4. The van der Waals surface area contributed by atoms with Gasteiger partial charge < -0.3 is 5.32 Å². The molecule has 1 aromatic carbocycles. The predicted octanol–water partition coefficient (Wildman–Crippen LogP) is 3.37. The van der Waals surface area contributed by atoms with Gasteiger partial charge in [0.1, 0.15) is 11.4 Å². The lowest BCUT2D eigenvalue weighted by Crippen LogP contribution is -2.14. The summed E-state index contributed by atoms with van der Waals surface area (Å²) in [6.45, 7) is 0. The second-order valence-electron chi connectivity index (χ2n) is 5.56. The number of aromatic amines is 1. The van der Waals surface area contributed by atoms with Crippen molar-refractivity contribution in [1.82, 2.24) is 10.2 Å². The molecule has 8 heteroatoms. The summed E-state index contributed by atoms with van der Waals surface area (Å²) in [7, 11) is 0. The zero-order valence-corrected chi connectivity index (χ0v) is 12.2. The molecule has 2 N–H and O–H groups in total. The molecular weight excluding hydrogens is 303 g/mol. The Hall–Kier alpha value is -2.77. The van der Waals surface area contributed by atoms with E-state index >= 15 is 0 Å². The van der Waals surface area contributed by atoms with Gasteiger partial charge in [-0.05, 0) is 25.0 Å². The van der Waals surface area contributed by atoms with Gasteiger partial charge in [-0.2, -0.15) is 5.10 Å². The lowest BCUT2D eigenvalue weighted by molar-refractivity contribution is -0.385. The monoisotopic (exact) mass is 318 g/mol. The fourth-order valence-electron chi connectivity index (χ4n) is 2.88. The third kappa shape index (κ3) is 3.20. The van der Waals surface area contributed by atoms with Gasteiger partial charge >= 0.3 is 0 Å². The number of carbonyl (C=O) groups excluding carboxylic acids is 1. The number of hydrogen-bond donors (Lipinski definition) is 2. The molecule has 1 aliphatic rings. The van der Waals surface area contributed by atoms with Gasteiger partial charge in [0, 0.05) is 17.7 Å². The van der Waals surface area contributed by atoms with Crippen LogP contribution in [-0.2, 0) is 0 Å². The highest BCUT2D eigenvalue weighted by molar-refractivity contribution is 6.06. The minimum Gasteiger partial charge on any atom is -0.305 e. The van der Waals surface area contributed by atoms with Crippen LogP contribution in [0.2, 0.25) is 0 Å². The van der Waals surface area contributed by atoms with Crippen molar-refractivity contribution in [2.75, 3.05) is 5.32 Å². The van der Waals surface area contributed by atoms with Crippen molar-refractivity contribution >= 4 is 17.4 Å². The number of halogens is 1. The SMILES string of the molecule is O=C(Nc1cc(C2CCCC2)[nH]n1)c1ccc(F)cc1[N+](=O)[O-]. The summed E-state index contributed by atoms with van der Waals surface area (Å²) in [6.07, 6.45) is 4.51. The zero-order chi connectivity index (χ0) is 16.4. The van der Waals surface area contributed by atoms with Gasteiger partial charge in [0.05, 0.1) is 11.0 Å². The van der Waals surface area contributed by atoms with Gasteiger partial charge in [-0.15, -0.1) is 0 Å². The Morgan fingerprint density at radius 1 is 1.35 bits per heavy atom. The van der Waals surface area contributed by atoms with Crippen molar-refractivity contribution in [3.05, 3.63) is 51.5 Å². The molecule has 2 aromatic rings. The molecule has 0 unspecified atom stereocenters. The van der Waals surface area contributed by atoms with E-state index in [0.717, 1.165) is 36.7 Å². The number of aromatic nitrogens is 2. The highest BCUT2D eigenvalue weighted by Crippen LogP contribution is 2.33.